The molecule has 1 saturated heterocycles. The van der Waals surface area contributed by atoms with E-state index in [2.05, 4.69) is 0 Å². The van der Waals surface area contributed by atoms with Crippen LogP contribution in [0.5, 0.6) is 17.2 Å². The van der Waals surface area contributed by atoms with Gasteiger partial charge in [-0.3, -0.25) is 9.59 Å². The van der Waals surface area contributed by atoms with Crippen molar-refractivity contribution in [2.24, 2.45) is 5.92 Å². The zero-order valence-electron chi connectivity index (χ0n) is 18.8. The highest BCUT2D eigenvalue weighted by Gasteiger charge is 2.28. The van der Waals surface area contributed by atoms with Crippen molar-refractivity contribution >= 4 is 22.8 Å². The van der Waals surface area contributed by atoms with E-state index in [4.69, 9.17) is 19.2 Å². The summed E-state index contributed by atoms with van der Waals surface area (Å²) in [5, 5.41) is 10.0. The molecule has 0 spiro atoms. The first kappa shape index (κ1) is 22.4. The third kappa shape index (κ3) is 4.28. The highest BCUT2D eigenvalue weighted by atomic mass is 16.5. The Hall–Kier alpha value is -3.81. The molecule has 2 aromatic carbocycles. The van der Waals surface area contributed by atoms with Crippen LogP contribution in [-0.2, 0) is 4.79 Å². The molecular weight excluding hydrogens is 424 g/mol. The molecule has 1 fully saturated rings. The molecular formula is C25H26N2O6. The number of benzene rings is 2. The monoisotopic (exact) mass is 450 g/mol. The minimum atomic E-state index is -0.804. The highest BCUT2D eigenvalue weighted by Crippen LogP contribution is 2.41. The summed E-state index contributed by atoms with van der Waals surface area (Å²) >= 11 is 0. The van der Waals surface area contributed by atoms with E-state index in [9.17, 15) is 14.7 Å². The van der Waals surface area contributed by atoms with Crippen LogP contribution < -0.4 is 14.2 Å². The number of para-hydroxylation sites is 1. The number of carboxylic acids is 1. The average Bonchev–Trinajstić information content (AvgIpc) is 2.86. The fourth-order valence-electron chi connectivity index (χ4n) is 4.23. The Morgan fingerprint density at radius 2 is 1.61 bits per heavy atom. The smallest absolute Gasteiger partial charge is 0.306 e. The summed E-state index contributed by atoms with van der Waals surface area (Å²) in [6.07, 6.45) is 0.896. The summed E-state index contributed by atoms with van der Waals surface area (Å²) in [5.74, 6) is 0.114. The van der Waals surface area contributed by atoms with Crippen LogP contribution in [0.25, 0.3) is 22.2 Å². The summed E-state index contributed by atoms with van der Waals surface area (Å²) in [7, 11) is 4.63. The topological polar surface area (TPSA) is 98.2 Å². The van der Waals surface area contributed by atoms with Crippen LogP contribution in [0.4, 0.5) is 0 Å². The molecule has 1 aromatic heterocycles. The molecule has 172 valence electrons. The van der Waals surface area contributed by atoms with Gasteiger partial charge in [0.25, 0.3) is 5.91 Å². The maximum atomic E-state index is 13.5. The Morgan fingerprint density at radius 3 is 2.18 bits per heavy atom. The number of carbonyl (C=O) groups is 2. The van der Waals surface area contributed by atoms with Gasteiger partial charge in [0.15, 0.2) is 11.5 Å². The maximum Gasteiger partial charge on any atom is 0.306 e. The number of nitrogens with zero attached hydrogens (tertiary/aromatic N) is 2. The molecule has 4 rings (SSSR count). The summed E-state index contributed by atoms with van der Waals surface area (Å²) in [5.41, 5.74) is 2.52. The van der Waals surface area contributed by atoms with E-state index in [0.29, 0.717) is 65.5 Å². The number of fused-ring (bicyclic) bond motifs is 1. The molecule has 8 heteroatoms. The van der Waals surface area contributed by atoms with Gasteiger partial charge in [-0.2, -0.15) is 0 Å². The predicted molar refractivity (Wildman–Crippen MR) is 123 cm³/mol. The normalized spacial score (nSPS) is 14.2. The van der Waals surface area contributed by atoms with Crippen LogP contribution in [0, 0.1) is 5.92 Å². The Labute approximate surface area is 191 Å². The second-order valence-electron chi connectivity index (χ2n) is 7.89. The summed E-state index contributed by atoms with van der Waals surface area (Å²) < 4.78 is 16.4. The number of carbonyl (C=O) groups excluding carboxylic acids is 1. The van der Waals surface area contributed by atoms with Gasteiger partial charge >= 0.3 is 5.97 Å². The number of carboxylic acid groups (broad SMARTS) is 1. The van der Waals surface area contributed by atoms with Gasteiger partial charge in [-0.1, -0.05) is 18.2 Å². The molecule has 0 aliphatic carbocycles. The number of aromatic nitrogens is 1. The number of methoxy groups -OCH3 is 3. The number of aliphatic carboxylic acids is 1. The van der Waals surface area contributed by atoms with Crippen molar-refractivity contribution in [2.75, 3.05) is 34.4 Å². The van der Waals surface area contributed by atoms with Gasteiger partial charge in [-0.25, -0.2) is 4.98 Å². The molecule has 0 atom stereocenters. The molecule has 8 nitrogen and oxygen atoms in total. The number of piperidine rings is 1. The highest BCUT2D eigenvalue weighted by molar-refractivity contribution is 6.07. The summed E-state index contributed by atoms with van der Waals surface area (Å²) in [4.78, 5) is 31.3. The van der Waals surface area contributed by atoms with Crippen LogP contribution in [-0.4, -0.2) is 61.3 Å². The van der Waals surface area contributed by atoms with E-state index < -0.39 is 11.9 Å². The molecule has 33 heavy (non-hydrogen) atoms. The lowest BCUT2D eigenvalue weighted by Gasteiger charge is -2.30. The number of amides is 1. The van der Waals surface area contributed by atoms with E-state index >= 15 is 0 Å². The second kappa shape index (κ2) is 9.36. The third-order valence-electron chi connectivity index (χ3n) is 6.04. The molecule has 2 heterocycles. The van der Waals surface area contributed by atoms with Crippen molar-refractivity contribution in [3.05, 3.63) is 48.0 Å². The summed E-state index contributed by atoms with van der Waals surface area (Å²) in [6.45, 7) is 0.817. The number of likely N-dealkylation sites (tertiary alicyclic amines) is 1. The average molecular weight is 450 g/mol. The van der Waals surface area contributed by atoms with E-state index in [0.717, 1.165) is 5.39 Å². The minimum absolute atomic E-state index is 0.133. The first-order chi connectivity index (χ1) is 16.0. The van der Waals surface area contributed by atoms with Crippen molar-refractivity contribution in [1.29, 1.82) is 0 Å². The van der Waals surface area contributed by atoms with E-state index in [1.54, 1.807) is 44.4 Å². The molecule has 0 radical (unpaired) electrons. The van der Waals surface area contributed by atoms with Crippen molar-refractivity contribution in [1.82, 2.24) is 9.88 Å². The fraction of sp³-hybridized carbons (Fsp3) is 0.320. The zero-order valence-corrected chi connectivity index (χ0v) is 18.8. The van der Waals surface area contributed by atoms with Crippen molar-refractivity contribution in [2.45, 2.75) is 12.8 Å². The molecule has 0 bridgehead atoms. The van der Waals surface area contributed by atoms with Crippen molar-refractivity contribution in [3.63, 3.8) is 0 Å². The Kier molecular flexibility index (Phi) is 6.35. The molecule has 1 aliphatic rings. The van der Waals surface area contributed by atoms with Crippen LogP contribution in [0.2, 0.25) is 0 Å². The fourth-order valence-corrected chi connectivity index (χ4v) is 4.23. The SMILES string of the molecule is COc1cc(-c2cc(C(=O)N3CCC(C(=O)O)CC3)c3ccccc3n2)cc(OC)c1OC. The number of hydrogen-bond acceptors (Lipinski definition) is 6. The lowest BCUT2D eigenvalue weighted by Crippen LogP contribution is -2.40. The number of ether oxygens (including phenoxy) is 3. The third-order valence-corrected chi connectivity index (χ3v) is 6.04. The van der Waals surface area contributed by atoms with Gasteiger partial charge in [0.2, 0.25) is 5.75 Å². The van der Waals surface area contributed by atoms with Crippen molar-refractivity contribution < 1.29 is 28.9 Å². The van der Waals surface area contributed by atoms with Gasteiger partial charge in [0, 0.05) is 24.0 Å². The number of rotatable bonds is 6. The van der Waals surface area contributed by atoms with Crippen LogP contribution in [0.3, 0.4) is 0 Å². The minimum Gasteiger partial charge on any atom is -0.493 e. The van der Waals surface area contributed by atoms with Gasteiger partial charge in [0.05, 0.1) is 44.0 Å². The van der Waals surface area contributed by atoms with E-state index in [1.165, 1.54) is 0 Å². The van der Waals surface area contributed by atoms with Crippen LogP contribution in [0.15, 0.2) is 42.5 Å². The first-order valence-corrected chi connectivity index (χ1v) is 10.7. The second-order valence-corrected chi connectivity index (χ2v) is 7.89. The van der Waals surface area contributed by atoms with E-state index in [-0.39, 0.29) is 5.91 Å². The Balaban J connectivity index is 1.79. The van der Waals surface area contributed by atoms with Gasteiger partial charge in [-0.15, -0.1) is 0 Å². The van der Waals surface area contributed by atoms with Gasteiger partial charge in [0.1, 0.15) is 0 Å². The molecule has 1 amide bonds. The lowest BCUT2D eigenvalue weighted by atomic mass is 9.96. The molecule has 1 N–H and O–H groups in total. The molecule has 0 saturated carbocycles. The van der Waals surface area contributed by atoms with Crippen molar-refractivity contribution in [3.8, 4) is 28.5 Å². The molecule has 3 aromatic rings. The standard InChI is InChI=1S/C25H26N2O6/c1-31-21-12-16(13-22(32-2)23(21)33-3)20-14-18(17-6-4-5-7-19(17)26-20)24(28)27-10-8-15(9-11-27)25(29)30/h4-7,12-15H,8-11H2,1-3H3,(H,29,30). The van der Waals surface area contributed by atoms with E-state index in [1.807, 2.05) is 24.3 Å². The summed E-state index contributed by atoms with van der Waals surface area (Å²) in [6, 6.07) is 12.9. The Morgan fingerprint density at radius 1 is 0.970 bits per heavy atom. The quantitative estimate of drug-likeness (QED) is 0.609. The van der Waals surface area contributed by atoms with Crippen LogP contribution >= 0.6 is 0 Å². The predicted octanol–water partition coefficient (Wildman–Crippen LogP) is 3.86. The lowest BCUT2D eigenvalue weighted by molar-refractivity contribution is -0.143. The van der Waals surface area contributed by atoms with Gasteiger partial charge < -0.3 is 24.2 Å². The molecule has 1 aliphatic heterocycles. The maximum absolute atomic E-state index is 13.5. The number of pyridine rings is 1. The van der Waals surface area contributed by atoms with Gasteiger partial charge in [-0.05, 0) is 37.1 Å². The number of hydrogen-bond donors (Lipinski definition) is 1. The Bertz CT molecular complexity index is 1180. The molecule has 0 unspecified atom stereocenters. The zero-order chi connectivity index (χ0) is 23.5. The first-order valence-electron chi connectivity index (χ1n) is 10.7. The largest absolute Gasteiger partial charge is 0.493 e. The van der Waals surface area contributed by atoms with Crippen LogP contribution in [0.1, 0.15) is 23.2 Å².